The van der Waals surface area contributed by atoms with E-state index in [1.54, 1.807) is 0 Å². The fraction of sp³-hybridized carbons (Fsp3) is 0.923. The Bertz CT molecular complexity index is 387. The lowest BCUT2D eigenvalue weighted by Gasteiger charge is -2.28. The molecule has 0 aliphatic carbocycles. The number of amides is 1. The maximum atomic E-state index is 12.2. The molecule has 0 aromatic carbocycles. The summed E-state index contributed by atoms with van der Waals surface area (Å²) in [5, 5.41) is 3.02. The summed E-state index contributed by atoms with van der Waals surface area (Å²) < 4.78 is 23.1. The third kappa shape index (κ3) is 6.41. The van der Waals surface area contributed by atoms with Gasteiger partial charge in [-0.15, -0.1) is 12.4 Å². The lowest BCUT2D eigenvalue weighted by atomic mass is 10.1. The highest BCUT2D eigenvalue weighted by atomic mass is 35.5. The fourth-order valence-electron chi connectivity index (χ4n) is 2.42. The second-order valence-electron chi connectivity index (χ2n) is 5.20. The Morgan fingerprint density at radius 1 is 1.35 bits per heavy atom. The van der Waals surface area contributed by atoms with Crippen molar-refractivity contribution in [3.05, 3.63) is 0 Å². The normalized spacial score (nSPS) is 20.4. The molecule has 1 aliphatic rings. The Kier molecular flexibility index (Phi) is 9.42. The van der Waals surface area contributed by atoms with E-state index in [4.69, 9.17) is 0 Å². The first-order valence-electron chi connectivity index (χ1n) is 7.14. The van der Waals surface area contributed by atoms with E-state index in [-0.39, 0.29) is 35.9 Å². The van der Waals surface area contributed by atoms with Crippen LogP contribution in [0.3, 0.4) is 0 Å². The van der Waals surface area contributed by atoms with Crippen LogP contribution in [0.4, 0.5) is 0 Å². The summed E-state index contributed by atoms with van der Waals surface area (Å²) in [5.41, 5.74) is 0. The Balaban J connectivity index is 0.00000361. The Morgan fingerprint density at radius 2 is 2.05 bits per heavy atom. The monoisotopic (exact) mass is 326 g/mol. The molecule has 0 bridgehead atoms. The highest BCUT2D eigenvalue weighted by Crippen LogP contribution is 2.19. The van der Waals surface area contributed by atoms with Gasteiger partial charge >= 0.3 is 0 Å². The molecule has 1 aliphatic heterocycles. The molecule has 1 N–H and O–H groups in total. The number of sulfone groups is 1. The number of carbonyl (C=O) groups excluding carboxylic acids is 1. The van der Waals surface area contributed by atoms with Crippen molar-refractivity contribution in [2.45, 2.75) is 45.1 Å². The van der Waals surface area contributed by atoms with Crippen LogP contribution in [0, 0.1) is 0 Å². The first kappa shape index (κ1) is 19.7. The number of hydrogen-bond acceptors (Lipinski definition) is 4. The number of halogens is 1. The average Bonchev–Trinajstić information content (AvgIpc) is 2.70. The molecule has 1 unspecified atom stereocenters. The molecular formula is C13H27ClN2O3S. The first-order chi connectivity index (χ1) is 9.00. The van der Waals surface area contributed by atoms with E-state index in [1.807, 2.05) is 11.9 Å². The van der Waals surface area contributed by atoms with Crippen molar-refractivity contribution in [1.82, 2.24) is 10.2 Å². The SMILES string of the molecule is CCCCN(C(=O)CCCNC)C1CCS(=O)(=O)C1.Cl. The van der Waals surface area contributed by atoms with E-state index in [9.17, 15) is 13.2 Å². The smallest absolute Gasteiger partial charge is 0.222 e. The van der Waals surface area contributed by atoms with Crippen LogP contribution in [-0.2, 0) is 14.6 Å². The van der Waals surface area contributed by atoms with Gasteiger partial charge in [0, 0.05) is 19.0 Å². The van der Waals surface area contributed by atoms with Crippen LogP contribution in [0.5, 0.6) is 0 Å². The van der Waals surface area contributed by atoms with Gasteiger partial charge in [-0.25, -0.2) is 8.42 Å². The van der Waals surface area contributed by atoms with Gasteiger partial charge in [0.05, 0.1) is 11.5 Å². The summed E-state index contributed by atoms with van der Waals surface area (Å²) in [7, 11) is -1.07. The first-order valence-corrected chi connectivity index (χ1v) is 8.96. The van der Waals surface area contributed by atoms with Crippen molar-refractivity contribution in [3.63, 3.8) is 0 Å². The predicted octanol–water partition coefficient (Wildman–Crippen LogP) is 1.22. The third-order valence-electron chi connectivity index (χ3n) is 3.54. The van der Waals surface area contributed by atoms with Gasteiger partial charge in [-0.05, 0) is 32.9 Å². The van der Waals surface area contributed by atoms with Crippen molar-refractivity contribution < 1.29 is 13.2 Å². The minimum atomic E-state index is -2.93. The lowest BCUT2D eigenvalue weighted by Crippen LogP contribution is -2.41. The van der Waals surface area contributed by atoms with Crippen molar-refractivity contribution in [2.75, 3.05) is 31.6 Å². The number of nitrogens with zero attached hydrogens (tertiary/aromatic N) is 1. The van der Waals surface area contributed by atoms with Gasteiger partial charge in [0.1, 0.15) is 0 Å². The molecule has 1 fully saturated rings. The van der Waals surface area contributed by atoms with Crippen molar-refractivity contribution in [2.24, 2.45) is 0 Å². The van der Waals surface area contributed by atoms with Gasteiger partial charge in [0.2, 0.25) is 5.91 Å². The summed E-state index contributed by atoms with van der Waals surface area (Å²) in [6.07, 6.45) is 3.86. The lowest BCUT2D eigenvalue weighted by molar-refractivity contribution is -0.133. The van der Waals surface area contributed by atoms with E-state index < -0.39 is 9.84 Å². The van der Waals surface area contributed by atoms with Gasteiger partial charge in [0.25, 0.3) is 0 Å². The molecule has 1 heterocycles. The molecule has 7 heteroatoms. The van der Waals surface area contributed by atoms with Crippen LogP contribution in [0.15, 0.2) is 0 Å². The number of nitrogens with one attached hydrogen (secondary N) is 1. The van der Waals surface area contributed by atoms with E-state index in [2.05, 4.69) is 12.2 Å². The zero-order chi connectivity index (χ0) is 14.3. The molecule has 5 nitrogen and oxygen atoms in total. The maximum absolute atomic E-state index is 12.2. The minimum absolute atomic E-state index is 0. The largest absolute Gasteiger partial charge is 0.339 e. The second-order valence-corrected chi connectivity index (χ2v) is 7.43. The Hall–Kier alpha value is -0.330. The molecule has 1 atom stereocenters. The molecule has 1 amide bonds. The number of unbranched alkanes of at least 4 members (excludes halogenated alkanes) is 1. The number of carbonyl (C=O) groups is 1. The highest BCUT2D eigenvalue weighted by Gasteiger charge is 2.33. The molecule has 120 valence electrons. The molecule has 0 saturated carbocycles. The molecule has 0 aromatic rings. The summed E-state index contributed by atoms with van der Waals surface area (Å²) in [4.78, 5) is 14.0. The van der Waals surface area contributed by atoms with Crippen LogP contribution in [0.1, 0.15) is 39.0 Å². The summed E-state index contributed by atoms with van der Waals surface area (Å²) in [6, 6.07) is -0.0985. The molecule has 0 radical (unpaired) electrons. The van der Waals surface area contributed by atoms with Gasteiger partial charge in [0.15, 0.2) is 9.84 Å². The van der Waals surface area contributed by atoms with Crippen molar-refractivity contribution >= 4 is 28.2 Å². The quantitative estimate of drug-likeness (QED) is 0.681. The van der Waals surface area contributed by atoms with E-state index in [0.717, 1.165) is 25.8 Å². The molecule has 0 aromatic heterocycles. The molecule has 1 saturated heterocycles. The van der Waals surface area contributed by atoms with Gasteiger partial charge in [-0.2, -0.15) is 0 Å². The van der Waals surface area contributed by atoms with Crippen LogP contribution in [0.25, 0.3) is 0 Å². The molecule has 20 heavy (non-hydrogen) atoms. The Labute approximate surface area is 128 Å². The van der Waals surface area contributed by atoms with Crippen molar-refractivity contribution in [1.29, 1.82) is 0 Å². The van der Waals surface area contributed by atoms with Gasteiger partial charge in [-0.1, -0.05) is 13.3 Å². The number of rotatable bonds is 8. The highest BCUT2D eigenvalue weighted by molar-refractivity contribution is 7.91. The summed E-state index contributed by atoms with van der Waals surface area (Å²) in [6.45, 7) is 3.58. The van der Waals surface area contributed by atoms with Crippen LogP contribution in [-0.4, -0.2) is 56.9 Å². The maximum Gasteiger partial charge on any atom is 0.222 e. The standard InChI is InChI=1S/C13H26N2O3S.ClH/c1-3-4-9-15(13(16)6-5-8-14-2)12-7-10-19(17,18)11-12;/h12,14H,3-11H2,1-2H3;1H. The van der Waals surface area contributed by atoms with Crippen molar-refractivity contribution in [3.8, 4) is 0 Å². The van der Waals surface area contributed by atoms with Gasteiger partial charge in [-0.3, -0.25) is 4.79 Å². The average molecular weight is 327 g/mol. The summed E-state index contributed by atoms with van der Waals surface area (Å²) >= 11 is 0. The van der Waals surface area contributed by atoms with E-state index >= 15 is 0 Å². The third-order valence-corrected chi connectivity index (χ3v) is 5.29. The number of hydrogen-bond donors (Lipinski definition) is 1. The van der Waals surface area contributed by atoms with Crippen LogP contribution < -0.4 is 5.32 Å². The molecule has 1 rings (SSSR count). The van der Waals surface area contributed by atoms with Gasteiger partial charge < -0.3 is 10.2 Å². The molecular weight excluding hydrogens is 300 g/mol. The van der Waals surface area contributed by atoms with Crippen LogP contribution in [0.2, 0.25) is 0 Å². The predicted molar refractivity (Wildman–Crippen MR) is 84.1 cm³/mol. The zero-order valence-corrected chi connectivity index (χ0v) is 14.1. The minimum Gasteiger partial charge on any atom is -0.339 e. The zero-order valence-electron chi connectivity index (χ0n) is 12.4. The van der Waals surface area contributed by atoms with E-state index in [0.29, 0.717) is 19.4 Å². The Morgan fingerprint density at radius 3 is 2.55 bits per heavy atom. The van der Waals surface area contributed by atoms with E-state index in [1.165, 1.54) is 0 Å². The molecule has 0 spiro atoms. The summed E-state index contributed by atoms with van der Waals surface area (Å²) in [5.74, 6) is 0.476. The van der Waals surface area contributed by atoms with Crippen LogP contribution >= 0.6 is 12.4 Å². The second kappa shape index (κ2) is 9.58. The topological polar surface area (TPSA) is 66.5 Å². The fourth-order valence-corrected chi connectivity index (χ4v) is 4.15.